The molecule has 1 aromatic heterocycles. The maximum Gasteiger partial charge on any atom is 0.259 e. The van der Waals surface area contributed by atoms with Crippen LogP contribution in [0.2, 0.25) is 0 Å². The molecule has 1 amide bonds. The summed E-state index contributed by atoms with van der Waals surface area (Å²) in [7, 11) is 0. The first-order valence-corrected chi connectivity index (χ1v) is 8.21. The molecule has 0 spiro atoms. The SMILES string of the molecule is O=C(CSc1nc2ccccc2c(=O)[nH]1)NC[C@H]1CCCO1. The van der Waals surface area contributed by atoms with Gasteiger partial charge in [0, 0.05) is 13.2 Å². The van der Waals surface area contributed by atoms with E-state index in [0.717, 1.165) is 19.4 Å². The van der Waals surface area contributed by atoms with Crippen LogP contribution in [0.5, 0.6) is 0 Å². The molecule has 1 aliphatic rings. The third-order valence-electron chi connectivity index (χ3n) is 3.48. The summed E-state index contributed by atoms with van der Waals surface area (Å²) in [4.78, 5) is 30.8. The molecule has 0 saturated carbocycles. The summed E-state index contributed by atoms with van der Waals surface area (Å²) in [6.45, 7) is 1.32. The molecule has 6 nitrogen and oxygen atoms in total. The lowest BCUT2D eigenvalue weighted by Crippen LogP contribution is -2.33. The van der Waals surface area contributed by atoms with E-state index in [-0.39, 0.29) is 23.3 Å². The van der Waals surface area contributed by atoms with Gasteiger partial charge in [0.25, 0.3) is 5.56 Å². The Bertz CT molecular complexity index is 725. The fourth-order valence-corrected chi connectivity index (χ4v) is 3.05. The summed E-state index contributed by atoms with van der Waals surface area (Å²) in [6, 6.07) is 7.14. The highest BCUT2D eigenvalue weighted by Gasteiger charge is 2.16. The van der Waals surface area contributed by atoms with E-state index in [4.69, 9.17) is 4.74 Å². The van der Waals surface area contributed by atoms with E-state index < -0.39 is 0 Å². The second-order valence-electron chi connectivity index (χ2n) is 5.12. The number of hydrogen-bond donors (Lipinski definition) is 2. The number of nitrogens with one attached hydrogen (secondary N) is 2. The molecule has 1 aliphatic heterocycles. The molecule has 0 bridgehead atoms. The number of hydrogen-bond acceptors (Lipinski definition) is 5. The number of rotatable bonds is 5. The fraction of sp³-hybridized carbons (Fsp3) is 0.400. The maximum absolute atomic E-state index is 11.9. The van der Waals surface area contributed by atoms with Crippen LogP contribution < -0.4 is 10.9 Å². The van der Waals surface area contributed by atoms with E-state index in [9.17, 15) is 9.59 Å². The predicted molar refractivity (Wildman–Crippen MR) is 85.1 cm³/mol. The summed E-state index contributed by atoms with van der Waals surface area (Å²) < 4.78 is 5.45. The van der Waals surface area contributed by atoms with Crippen LogP contribution in [0.4, 0.5) is 0 Å². The molecule has 2 N–H and O–H groups in total. The number of carbonyl (C=O) groups excluding carboxylic acids is 1. The van der Waals surface area contributed by atoms with E-state index in [0.29, 0.717) is 22.6 Å². The van der Waals surface area contributed by atoms with Crippen molar-refractivity contribution in [2.45, 2.75) is 24.1 Å². The topological polar surface area (TPSA) is 84.1 Å². The number of thioether (sulfide) groups is 1. The second-order valence-corrected chi connectivity index (χ2v) is 6.08. The maximum atomic E-state index is 11.9. The van der Waals surface area contributed by atoms with E-state index in [1.54, 1.807) is 18.2 Å². The number of nitrogens with zero attached hydrogens (tertiary/aromatic N) is 1. The van der Waals surface area contributed by atoms with Gasteiger partial charge < -0.3 is 15.0 Å². The molecular formula is C15H17N3O3S. The molecule has 1 atom stereocenters. The summed E-state index contributed by atoms with van der Waals surface area (Å²) in [5, 5.41) is 3.85. The Kier molecular flexibility index (Phi) is 4.74. The predicted octanol–water partition coefficient (Wildman–Crippen LogP) is 1.31. The van der Waals surface area contributed by atoms with Crippen LogP contribution in [0, 0.1) is 0 Å². The van der Waals surface area contributed by atoms with Crippen molar-refractivity contribution >= 4 is 28.6 Å². The van der Waals surface area contributed by atoms with Crippen LogP contribution in [-0.4, -0.2) is 40.9 Å². The minimum absolute atomic E-state index is 0.0868. The Morgan fingerprint density at radius 2 is 2.32 bits per heavy atom. The van der Waals surface area contributed by atoms with Gasteiger partial charge in [-0.3, -0.25) is 9.59 Å². The van der Waals surface area contributed by atoms with Crippen molar-refractivity contribution in [3.63, 3.8) is 0 Å². The van der Waals surface area contributed by atoms with Crippen molar-refractivity contribution in [2.75, 3.05) is 18.9 Å². The Hall–Kier alpha value is -1.86. The molecular weight excluding hydrogens is 302 g/mol. The number of aromatic nitrogens is 2. The van der Waals surface area contributed by atoms with Gasteiger partial charge in [0.15, 0.2) is 5.16 Å². The number of aromatic amines is 1. The Labute approximate surface area is 131 Å². The van der Waals surface area contributed by atoms with Gasteiger partial charge in [-0.25, -0.2) is 4.98 Å². The number of carbonyl (C=O) groups is 1. The van der Waals surface area contributed by atoms with Gasteiger partial charge in [-0.1, -0.05) is 23.9 Å². The first-order valence-electron chi connectivity index (χ1n) is 7.22. The number of ether oxygens (including phenoxy) is 1. The molecule has 22 heavy (non-hydrogen) atoms. The summed E-state index contributed by atoms with van der Waals surface area (Å²) in [5.41, 5.74) is 0.446. The monoisotopic (exact) mass is 319 g/mol. The molecule has 2 heterocycles. The Morgan fingerprint density at radius 3 is 3.14 bits per heavy atom. The lowest BCUT2D eigenvalue weighted by molar-refractivity contribution is -0.119. The highest BCUT2D eigenvalue weighted by atomic mass is 32.2. The Balaban J connectivity index is 1.56. The molecule has 2 aromatic rings. The van der Waals surface area contributed by atoms with Gasteiger partial charge in [-0.05, 0) is 25.0 Å². The van der Waals surface area contributed by atoms with Crippen LogP contribution in [0.3, 0.4) is 0 Å². The first-order chi connectivity index (χ1) is 10.7. The molecule has 0 aliphatic carbocycles. The van der Waals surface area contributed by atoms with Crippen LogP contribution in [-0.2, 0) is 9.53 Å². The standard InChI is InChI=1S/C15H17N3O3S/c19-13(16-8-10-4-3-7-21-10)9-22-15-17-12-6-2-1-5-11(12)14(20)18-15/h1-2,5-6,10H,3-4,7-9H2,(H,16,19)(H,17,18,20)/t10-/m1/s1. The van der Waals surface area contributed by atoms with E-state index >= 15 is 0 Å². The number of H-pyrrole nitrogens is 1. The summed E-state index contributed by atoms with van der Waals surface area (Å²) in [5.74, 6) is 0.130. The van der Waals surface area contributed by atoms with Crippen molar-refractivity contribution in [1.29, 1.82) is 0 Å². The minimum atomic E-state index is -0.187. The summed E-state index contributed by atoms with van der Waals surface area (Å²) in [6.07, 6.45) is 2.18. The van der Waals surface area contributed by atoms with E-state index in [1.165, 1.54) is 11.8 Å². The van der Waals surface area contributed by atoms with Crippen molar-refractivity contribution < 1.29 is 9.53 Å². The first kappa shape index (κ1) is 15.1. The van der Waals surface area contributed by atoms with Gasteiger partial charge in [0.2, 0.25) is 5.91 Å². The molecule has 3 rings (SSSR count). The zero-order valence-corrected chi connectivity index (χ0v) is 12.8. The molecule has 0 unspecified atom stereocenters. The Morgan fingerprint density at radius 1 is 1.45 bits per heavy atom. The lowest BCUT2D eigenvalue weighted by atomic mass is 10.2. The molecule has 1 saturated heterocycles. The van der Waals surface area contributed by atoms with Gasteiger partial charge >= 0.3 is 0 Å². The minimum Gasteiger partial charge on any atom is -0.376 e. The normalized spacial score (nSPS) is 17.7. The van der Waals surface area contributed by atoms with Crippen LogP contribution >= 0.6 is 11.8 Å². The van der Waals surface area contributed by atoms with E-state index in [2.05, 4.69) is 15.3 Å². The quantitative estimate of drug-likeness (QED) is 0.641. The highest BCUT2D eigenvalue weighted by Crippen LogP contribution is 2.14. The molecule has 116 valence electrons. The largest absolute Gasteiger partial charge is 0.376 e. The van der Waals surface area contributed by atoms with Crippen molar-refractivity contribution in [3.05, 3.63) is 34.6 Å². The van der Waals surface area contributed by atoms with E-state index in [1.807, 2.05) is 6.07 Å². The summed E-state index contributed by atoms with van der Waals surface area (Å²) >= 11 is 1.22. The lowest BCUT2D eigenvalue weighted by Gasteiger charge is -2.10. The zero-order valence-electron chi connectivity index (χ0n) is 12.0. The molecule has 7 heteroatoms. The fourth-order valence-electron chi connectivity index (χ4n) is 2.35. The average Bonchev–Trinajstić information content (AvgIpc) is 3.04. The van der Waals surface area contributed by atoms with Crippen LogP contribution in [0.15, 0.2) is 34.2 Å². The zero-order chi connectivity index (χ0) is 15.4. The number of para-hydroxylation sites is 1. The average molecular weight is 319 g/mol. The van der Waals surface area contributed by atoms with Crippen molar-refractivity contribution in [3.8, 4) is 0 Å². The van der Waals surface area contributed by atoms with Gasteiger partial charge in [0.1, 0.15) is 0 Å². The number of amides is 1. The second kappa shape index (κ2) is 6.93. The number of fused-ring (bicyclic) bond motifs is 1. The van der Waals surface area contributed by atoms with Gasteiger partial charge in [-0.2, -0.15) is 0 Å². The van der Waals surface area contributed by atoms with Gasteiger partial charge in [-0.15, -0.1) is 0 Å². The number of benzene rings is 1. The third-order valence-corrected chi connectivity index (χ3v) is 4.36. The molecule has 1 aromatic carbocycles. The highest BCUT2D eigenvalue weighted by molar-refractivity contribution is 7.99. The van der Waals surface area contributed by atoms with Crippen LogP contribution in [0.25, 0.3) is 10.9 Å². The van der Waals surface area contributed by atoms with Crippen molar-refractivity contribution in [2.24, 2.45) is 0 Å². The molecule has 1 fully saturated rings. The smallest absolute Gasteiger partial charge is 0.259 e. The molecule has 0 radical (unpaired) electrons. The van der Waals surface area contributed by atoms with Crippen LogP contribution in [0.1, 0.15) is 12.8 Å². The van der Waals surface area contributed by atoms with Crippen molar-refractivity contribution in [1.82, 2.24) is 15.3 Å². The van der Waals surface area contributed by atoms with Gasteiger partial charge in [0.05, 0.1) is 22.8 Å². The third kappa shape index (κ3) is 3.66.